The minimum Gasteiger partial charge on any atom is -0.383 e. The normalized spacial score (nSPS) is 13.1. The van der Waals surface area contributed by atoms with Crippen molar-refractivity contribution in [2.45, 2.75) is 42.4 Å². The van der Waals surface area contributed by atoms with Gasteiger partial charge in [0, 0.05) is 43.0 Å². The van der Waals surface area contributed by atoms with Gasteiger partial charge in [0.25, 0.3) is 0 Å². The molecule has 0 atom stereocenters. The maximum Gasteiger partial charge on any atom is 0.241 e. The molecular formula is C31H33N5O4S. The van der Waals surface area contributed by atoms with Gasteiger partial charge in [-0.25, -0.2) is 13.4 Å². The number of benzene rings is 3. The average Bonchev–Trinajstić information content (AvgIpc) is 3.82. The number of nitrogens with one attached hydrogen (secondary N) is 2. The number of nitrogens with zero attached hydrogens (tertiary/aromatic N) is 2. The largest absolute Gasteiger partial charge is 0.383 e. The molecule has 9 nitrogen and oxygen atoms in total. The second-order valence-corrected chi connectivity index (χ2v) is 12.5. The van der Waals surface area contributed by atoms with Crippen LogP contribution in [0.4, 0.5) is 17.2 Å². The van der Waals surface area contributed by atoms with Gasteiger partial charge in [-0.05, 0) is 78.2 Å². The van der Waals surface area contributed by atoms with Crippen LogP contribution in [0.3, 0.4) is 0 Å². The smallest absolute Gasteiger partial charge is 0.241 e. The first kappa shape index (κ1) is 28.1. The molecule has 1 fully saturated rings. The summed E-state index contributed by atoms with van der Waals surface area (Å²) in [6.45, 7) is 0.0959. The number of rotatable bonds is 11. The Balaban J connectivity index is 1.27. The number of pyridine rings is 1. The van der Waals surface area contributed by atoms with Crippen LogP contribution in [0.25, 0.3) is 10.8 Å². The van der Waals surface area contributed by atoms with Crippen LogP contribution in [-0.2, 0) is 32.4 Å². The number of sulfone groups is 1. The highest BCUT2D eigenvalue weighted by Crippen LogP contribution is 2.36. The van der Waals surface area contributed by atoms with Crippen molar-refractivity contribution in [1.82, 2.24) is 9.88 Å². The second kappa shape index (κ2) is 12.0. The Morgan fingerprint density at radius 1 is 1.00 bits per heavy atom. The maximum atomic E-state index is 13.2. The SMILES string of the molecule is CN(Cc1cc(NC(=O)CCc2ccccc2)ccc1S(=O)(=O)C1CC1)C(=O)CNc1ccc2c(N)nccc2c1. The third kappa shape index (κ3) is 6.83. The molecule has 5 rings (SSSR count). The number of hydrogen-bond acceptors (Lipinski definition) is 7. The lowest BCUT2D eigenvalue weighted by atomic mass is 10.1. The van der Waals surface area contributed by atoms with Gasteiger partial charge in [0.15, 0.2) is 9.84 Å². The van der Waals surface area contributed by atoms with Gasteiger partial charge < -0.3 is 21.3 Å². The van der Waals surface area contributed by atoms with Crippen LogP contribution in [-0.4, -0.2) is 49.0 Å². The number of nitrogens with two attached hydrogens (primary N) is 1. The predicted octanol–water partition coefficient (Wildman–Crippen LogP) is 4.39. The van der Waals surface area contributed by atoms with Gasteiger partial charge in [-0.1, -0.05) is 30.3 Å². The van der Waals surface area contributed by atoms with Gasteiger partial charge in [0.05, 0.1) is 16.7 Å². The summed E-state index contributed by atoms with van der Waals surface area (Å²) in [5.41, 5.74) is 8.71. The van der Waals surface area contributed by atoms with Crippen molar-refractivity contribution in [1.29, 1.82) is 0 Å². The van der Waals surface area contributed by atoms with Gasteiger partial charge in [0.1, 0.15) is 5.82 Å². The summed E-state index contributed by atoms with van der Waals surface area (Å²) < 4.78 is 26.4. The quantitative estimate of drug-likeness (QED) is 0.243. The molecule has 4 aromatic rings. The number of hydrogen-bond donors (Lipinski definition) is 3. The molecule has 1 heterocycles. The molecular weight excluding hydrogens is 538 g/mol. The summed E-state index contributed by atoms with van der Waals surface area (Å²) in [6.07, 6.45) is 3.79. The minimum atomic E-state index is -3.52. The van der Waals surface area contributed by atoms with Crippen LogP contribution in [0.15, 0.2) is 83.9 Å². The zero-order valence-electron chi connectivity index (χ0n) is 22.8. The van der Waals surface area contributed by atoms with E-state index in [1.165, 1.54) is 4.90 Å². The molecule has 1 saturated carbocycles. The third-order valence-electron chi connectivity index (χ3n) is 7.17. The third-order valence-corrected chi connectivity index (χ3v) is 9.53. The van der Waals surface area contributed by atoms with E-state index in [4.69, 9.17) is 5.73 Å². The lowest BCUT2D eigenvalue weighted by molar-refractivity contribution is -0.128. The number of likely N-dealkylation sites (N-methyl/N-ethyl adjacent to an activating group) is 1. The van der Waals surface area contributed by atoms with Crippen molar-refractivity contribution in [3.8, 4) is 0 Å². The summed E-state index contributed by atoms with van der Waals surface area (Å²) in [7, 11) is -1.89. The Morgan fingerprint density at radius 2 is 1.76 bits per heavy atom. The number of aromatic nitrogens is 1. The molecule has 1 aliphatic carbocycles. The van der Waals surface area contributed by atoms with Crippen molar-refractivity contribution in [2.24, 2.45) is 0 Å². The summed E-state index contributed by atoms with van der Waals surface area (Å²) in [5, 5.41) is 7.35. The van der Waals surface area contributed by atoms with Crippen LogP contribution >= 0.6 is 0 Å². The van der Waals surface area contributed by atoms with E-state index < -0.39 is 15.1 Å². The number of amides is 2. The van der Waals surface area contributed by atoms with Gasteiger partial charge in [-0.3, -0.25) is 9.59 Å². The van der Waals surface area contributed by atoms with Crippen LogP contribution in [0.5, 0.6) is 0 Å². The molecule has 41 heavy (non-hydrogen) atoms. The number of fused-ring (bicyclic) bond motifs is 1. The van der Waals surface area contributed by atoms with E-state index in [9.17, 15) is 18.0 Å². The maximum absolute atomic E-state index is 13.2. The molecule has 212 valence electrons. The number of aryl methyl sites for hydroxylation is 1. The van der Waals surface area contributed by atoms with E-state index in [-0.39, 0.29) is 29.8 Å². The van der Waals surface area contributed by atoms with E-state index >= 15 is 0 Å². The predicted molar refractivity (Wildman–Crippen MR) is 161 cm³/mol. The first-order chi connectivity index (χ1) is 19.7. The minimum absolute atomic E-state index is 0.0171. The number of carbonyl (C=O) groups excluding carboxylic acids is 2. The van der Waals surface area contributed by atoms with E-state index in [1.807, 2.05) is 54.6 Å². The Kier molecular flexibility index (Phi) is 8.21. The van der Waals surface area contributed by atoms with Crippen LogP contribution < -0.4 is 16.4 Å². The zero-order chi connectivity index (χ0) is 29.0. The standard InChI is InChI=1S/C31H33N5O4S/c1-36(30(38)19-34-24-8-12-27-22(17-24)15-16-33-31(27)32)20-23-18-25(9-13-28(23)41(39,40)26-10-11-26)35-29(37)14-7-21-5-3-2-4-6-21/h2-6,8-9,12-13,15-18,26,34H,7,10-11,14,19-20H2,1H3,(H2,32,33)(H,35,37). The van der Waals surface area contributed by atoms with Crippen molar-refractivity contribution in [3.63, 3.8) is 0 Å². The molecule has 10 heteroatoms. The molecule has 0 aliphatic heterocycles. The molecule has 4 N–H and O–H groups in total. The Hall–Kier alpha value is -4.44. The Labute approximate surface area is 239 Å². The molecule has 0 bridgehead atoms. The monoisotopic (exact) mass is 571 g/mol. The van der Waals surface area contributed by atoms with Crippen molar-refractivity contribution >= 4 is 49.6 Å². The van der Waals surface area contributed by atoms with Crippen LogP contribution in [0.1, 0.15) is 30.4 Å². The number of nitrogen functional groups attached to an aromatic ring is 1. The molecule has 0 saturated heterocycles. The lowest BCUT2D eigenvalue weighted by Crippen LogP contribution is -2.32. The first-order valence-corrected chi connectivity index (χ1v) is 15.1. The van der Waals surface area contributed by atoms with E-state index in [2.05, 4.69) is 15.6 Å². The van der Waals surface area contributed by atoms with Crippen LogP contribution in [0, 0.1) is 0 Å². The highest BCUT2D eigenvalue weighted by Gasteiger charge is 2.38. The summed E-state index contributed by atoms with van der Waals surface area (Å²) in [5.74, 6) is 0.0574. The number of anilines is 3. The van der Waals surface area contributed by atoms with E-state index in [0.29, 0.717) is 42.8 Å². The van der Waals surface area contributed by atoms with Gasteiger partial charge in [0.2, 0.25) is 11.8 Å². The topological polar surface area (TPSA) is 134 Å². The van der Waals surface area contributed by atoms with Crippen LogP contribution in [0.2, 0.25) is 0 Å². The zero-order valence-corrected chi connectivity index (χ0v) is 23.7. The fourth-order valence-electron chi connectivity index (χ4n) is 4.71. The van der Waals surface area contributed by atoms with Crippen molar-refractivity contribution in [3.05, 3.63) is 90.1 Å². The Morgan fingerprint density at radius 3 is 2.51 bits per heavy atom. The van der Waals surface area contributed by atoms with Gasteiger partial charge in [-0.15, -0.1) is 0 Å². The van der Waals surface area contributed by atoms with Gasteiger partial charge >= 0.3 is 0 Å². The van der Waals surface area contributed by atoms with Crippen molar-refractivity contribution in [2.75, 3.05) is 30.0 Å². The molecule has 2 amide bonds. The summed E-state index contributed by atoms with van der Waals surface area (Å²) in [6, 6.07) is 22.0. The average molecular weight is 572 g/mol. The molecule has 3 aromatic carbocycles. The van der Waals surface area contributed by atoms with Gasteiger partial charge in [-0.2, -0.15) is 0 Å². The number of carbonyl (C=O) groups is 2. The fraction of sp³-hybridized carbons (Fsp3) is 0.258. The summed E-state index contributed by atoms with van der Waals surface area (Å²) in [4.78, 5) is 31.5. The molecule has 1 aromatic heterocycles. The lowest BCUT2D eigenvalue weighted by Gasteiger charge is -2.21. The highest BCUT2D eigenvalue weighted by atomic mass is 32.2. The molecule has 0 unspecified atom stereocenters. The molecule has 1 aliphatic rings. The summed E-state index contributed by atoms with van der Waals surface area (Å²) >= 11 is 0. The Bertz CT molecular complexity index is 1690. The van der Waals surface area contributed by atoms with E-state index in [0.717, 1.165) is 22.0 Å². The highest BCUT2D eigenvalue weighted by molar-refractivity contribution is 7.92. The second-order valence-electron chi connectivity index (χ2n) is 10.3. The van der Waals surface area contributed by atoms with Crippen molar-refractivity contribution < 1.29 is 18.0 Å². The molecule has 0 spiro atoms. The first-order valence-electron chi connectivity index (χ1n) is 13.5. The fourth-order valence-corrected chi connectivity index (χ4v) is 6.57. The van der Waals surface area contributed by atoms with E-state index in [1.54, 1.807) is 31.4 Å². The molecule has 0 radical (unpaired) electrons.